The summed E-state index contributed by atoms with van der Waals surface area (Å²) < 4.78 is 4.68. The second-order valence-corrected chi connectivity index (χ2v) is 2.77. The third kappa shape index (κ3) is 2.13. The predicted molar refractivity (Wildman–Crippen MR) is 46.4 cm³/mol. The van der Waals surface area contributed by atoms with Crippen molar-refractivity contribution in [2.24, 2.45) is 5.73 Å². The summed E-state index contributed by atoms with van der Waals surface area (Å²) in [6, 6.07) is 4.93. The van der Waals surface area contributed by atoms with Gasteiger partial charge in [-0.1, -0.05) is 11.6 Å². The van der Waals surface area contributed by atoms with Gasteiger partial charge in [0.1, 0.15) is 5.75 Å². The van der Waals surface area contributed by atoms with Gasteiger partial charge in [0.05, 0.1) is 0 Å². The van der Waals surface area contributed by atoms with Crippen molar-refractivity contribution in [3.8, 4) is 5.75 Å². The van der Waals surface area contributed by atoms with E-state index in [1.54, 1.807) is 25.1 Å². The maximum atomic E-state index is 10.4. The Labute approximate surface area is 75.1 Å². The van der Waals surface area contributed by atoms with E-state index in [0.29, 0.717) is 10.8 Å². The Balaban J connectivity index is 2.93. The first kappa shape index (κ1) is 8.87. The van der Waals surface area contributed by atoms with E-state index in [0.717, 1.165) is 5.56 Å². The van der Waals surface area contributed by atoms with Gasteiger partial charge in [0.25, 0.3) is 0 Å². The van der Waals surface area contributed by atoms with E-state index >= 15 is 0 Å². The molecule has 0 aliphatic rings. The van der Waals surface area contributed by atoms with Crippen LogP contribution in [0.15, 0.2) is 18.2 Å². The molecular weight excluding hydrogens is 178 g/mol. The first-order valence-corrected chi connectivity index (χ1v) is 3.71. The van der Waals surface area contributed by atoms with Gasteiger partial charge in [0.15, 0.2) is 0 Å². The first-order chi connectivity index (χ1) is 5.59. The molecule has 0 aromatic heterocycles. The summed E-state index contributed by atoms with van der Waals surface area (Å²) in [6.07, 6.45) is -0.819. The Hall–Kier alpha value is -1.22. The zero-order valence-electron chi connectivity index (χ0n) is 6.50. The second-order valence-electron chi connectivity index (χ2n) is 2.33. The van der Waals surface area contributed by atoms with Crippen molar-refractivity contribution >= 4 is 17.7 Å². The highest BCUT2D eigenvalue weighted by Crippen LogP contribution is 2.21. The molecule has 0 atom stereocenters. The zero-order valence-corrected chi connectivity index (χ0v) is 7.26. The van der Waals surface area contributed by atoms with E-state index in [4.69, 9.17) is 17.3 Å². The standard InChI is InChI=1S/C8H8ClNO2/c1-5-4-6(9)2-3-7(5)12-8(10)11/h2-4H,1H3,(H2,10,11). The lowest BCUT2D eigenvalue weighted by Crippen LogP contribution is -2.16. The minimum absolute atomic E-state index is 0.437. The van der Waals surface area contributed by atoms with Gasteiger partial charge < -0.3 is 10.5 Å². The van der Waals surface area contributed by atoms with Crippen molar-refractivity contribution < 1.29 is 9.53 Å². The fourth-order valence-corrected chi connectivity index (χ4v) is 1.06. The molecule has 1 aromatic carbocycles. The molecule has 12 heavy (non-hydrogen) atoms. The number of amides is 1. The number of carbonyl (C=O) groups excluding carboxylic acids is 1. The molecule has 64 valence electrons. The Kier molecular flexibility index (Phi) is 2.55. The number of benzene rings is 1. The average Bonchev–Trinajstić information content (AvgIpc) is 1.94. The fourth-order valence-electron chi connectivity index (χ4n) is 0.836. The molecule has 2 N–H and O–H groups in total. The Bertz CT molecular complexity index is 312. The van der Waals surface area contributed by atoms with Crippen molar-refractivity contribution in [2.75, 3.05) is 0 Å². The molecule has 0 saturated carbocycles. The van der Waals surface area contributed by atoms with Crippen LogP contribution in [0, 0.1) is 6.92 Å². The Morgan fingerprint density at radius 3 is 2.75 bits per heavy atom. The summed E-state index contributed by atoms with van der Waals surface area (Å²) >= 11 is 5.68. The quantitative estimate of drug-likeness (QED) is 0.729. The van der Waals surface area contributed by atoms with E-state index in [1.165, 1.54) is 0 Å². The lowest BCUT2D eigenvalue weighted by Gasteiger charge is -2.03. The number of halogens is 1. The average molecular weight is 186 g/mol. The van der Waals surface area contributed by atoms with Crippen molar-refractivity contribution in [1.29, 1.82) is 0 Å². The van der Waals surface area contributed by atoms with Gasteiger partial charge in [-0.2, -0.15) is 0 Å². The van der Waals surface area contributed by atoms with E-state index in [9.17, 15) is 4.79 Å². The van der Waals surface area contributed by atoms with E-state index in [-0.39, 0.29) is 0 Å². The third-order valence-corrected chi connectivity index (χ3v) is 1.58. The number of primary amides is 1. The molecule has 1 aromatic rings. The van der Waals surface area contributed by atoms with Crippen LogP contribution in [0.3, 0.4) is 0 Å². The fraction of sp³-hybridized carbons (Fsp3) is 0.125. The van der Waals surface area contributed by atoms with Crippen molar-refractivity contribution in [1.82, 2.24) is 0 Å². The van der Waals surface area contributed by atoms with E-state index < -0.39 is 6.09 Å². The molecular formula is C8H8ClNO2. The van der Waals surface area contributed by atoms with Gasteiger partial charge in [-0.3, -0.25) is 0 Å². The normalized spacial score (nSPS) is 9.50. The number of ether oxygens (including phenoxy) is 1. The number of carbonyl (C=O) groups is 1. The molecule has 0 saturated heterocycles. The molecule has 4 heteroatoms. The summed E-state index contributed by atoms with van der Waals surface area (Å²) in [6.45, 7) is 1.78. The third-order valence-electron chi connectivity index (χ3n) is 1.35. The van der Waals surface area contributed by atoms with E-state index in [2.05, 4.69) is 4.74 Å². The van der Waals surface area contributed by atoms with E-state index in [1.807, 2.05) is 0 Å². The highest BCUT2D eigenvalue weighted by atomic mass is 35.5. The van der Waals surface area contributed by atoms with Crippen molar-refractivity contribution in [2.45, 2.75) is 6.92 Å². The molecule has 1 rings (SSSR count). The minimum atomic E-state index is -0.819. The molecule has 0 aliphatic carbocycles. The lowest BCUT2D eigenvalue weighted by molar-refractivity contribution is 0.210. The molecule has 0 heterocycles. The van der Waals surface area contributed by atoms with Crippen LogP contribution in [0.5, 0.6) is 5.75 Å². The van der Waals surface area contributed by atoms with Gasteiger partial charge >= 0.3 is 6.09 Å². The molecule has 3 nitrogen and oxygen atoms in total. The van der Waals surface area contributed by atoms with Crippen LogP contribution < -0.4 is 10.5 Å². The number of hydrogen-bond acceptors (Lipinski definition) is 2. The Morgan fingerprint density at radius 2 is 2.25 bits per heavy atom. The summed E-state index contributed by atoms with van der Waals surface area (Å²) in [4.78, 5) is 10.4. The van der Waals surface area contributed by atoms with Crippen LogP contribution in [-0.4, -0.2) is 6.09 Å². The van der Waals surface area contributed by atoms with Gasteiger partial charge in [-0.15, -0.1) is 0 Å². The van der Waals surface area contributed by atoms with Crippen LogP contribution >= 0.6 is 11.6 Å². The maximum Gasteiger partial charge on any atom is 0.409 e. The monoisotopic (exact) mass is 185 g/mol. The molecule has 0 spiro atoms. The summed E-state index contributed by atoms with van der Waals surface area (Å²) in [5, 5.41) is 0.601. The number of nitrogens with two attached hydrogens (primary N) is 1. The van der Waals surface area contributed by atoms with Crippen LogP contribution in [0.2, 0.25) is 5.02 Å². The van der Waals surface area contributed by atoms with Crippen LogP contribution in [0.4, 0.5) is 4.79 Å². The lowest BCUT2D eigenvalue weighted by atomic mass is 10.2. The van der Waals surface area contributed by atoms with Crippen LogP contribution in [0.25, 0.3) is 0 Å². The molecule has 1 amide bonds. The second kappa shape index (κ2) is 3.45. The SMILES string of the molecule is Cc1cc(Cl)ccc1OC(N)=O. The molecule has 0 aliphatic heterocycles. The first-order valence-electron chi connectivity index (χ1n) is 3.33. The molecule has 0 fully saturated rings. The van der Waals surface area contributed by atoms with Crippen molar-refractivity contribution in [3.63, 3.8) is 0 Å². The highest BCUT2D eigenvalue weighted by molar-refractivity contribution is 6.30. The highest BCUT2D eigenvalue weighted by Gasteiger charge is 2.02. The molecule has 0 unspecified atom stereocenters. The topological polar surface area (TPSA) is 52.3 Å². The predicted octanol–water partition coefficient (Wildman–Crippen LogP) is 2.11. The van der Waals surface area contributed by atoms with Gasteiger partial charge in [0, 0.05) is 5.02 Å². The van der Waals surface area contributed by atoms with Crippen LogP contribution in [0.1, 0.15) is 5.56 Å². The van der Waals surface area contributed by atoms with Gasteiger partial charge in [0.2, 0.25) is 0 Å². The summed E-state index contributed by atoms with van der Waals surface area (Å²) in [5.41, 5.74) is 5.62. The zero-order chi connectivity index (χ0) is 9.14. The van der Waals surface area contributed by atoms with Gasteiger partial charge in [-0.25, -0.2) is 4.79 Å². The maximum absolute atomic E-state index is 10.4. The smallest absolute Gasteiger partial charge is 0.409 e. The largest absolute Gasteiger partial charge is 0.410 e. The minimum Gasteiger partial charge on any atom is -0.410 e. The molecule has 0 bridgehead atoms. The van der Waals surface area contributed by atoms with Gasteiger partial charge in [-0.05, 0) is 30.7 Å². The number of aryl methyl sites for hydroxylation is 1. The number of hydrogen-bond donors (Lipinski definition) is 1. The summed E-state index contributed by atoms with van der Waals surface area (Å²) in [7, 11) is 0. The number of rotatable bonds is 1. The van der Waals surface area contributed by atoms with Crippen LogP contribution in [-0.2, 0) is 0 Å². The Morgan fingerprint density at radius 1 is 1.58 bits per heavy atom. The summed E-state index contributed by atoms with van der Waals surface area (Å²) in [5.74, 6) is 0.437. The van der Waals surface area contributed by atoms with Crippen molar-refractivity contribution in [3.05, 3.63) is 28.8 Å². The molecule has 0 radical (unpaired) electrons.